The molecule has 3 aromatic rings. The molecule has 0 bridgehead atoms. The van der Waals surface area contributed by atoms with Crippen LogP contribution in [0.5, 0.6) is 5.75 Å². The van der Waals surface area contributed by atoms with Crippen LogP contribution in [0.25, 0.3) is 6.08 Å². The molecule has 1 N–H and O–H groups in total. The molecule has 1 saturated heterocycles. The SMILES string of the molecule is O=C1NC(=O)N(c2ccc(Cl)c(Cl)c2)C(=O)/C1=C/c1cc(Cl)cc(Cl)c1OCc1ccccc1F. The molecule has 1 aliphatic heterocycles. The molecule has 0 aromatic heterocycles. The zero-order valence-electron chi connectivity index (χ0n) is 17.5. The van der Waals surface area contributed by atoms with Crippen molar-refractivity contribution >= 4 is 76.0 Å². The lowest BCUT2D eigenvalue weighted by atomic mass is 10.1. The summed E-state index contributed by atoms with van der Waals surface area (Å²) in [5.41, 5.74) is 0.131. The number of nitrogens with one attached hydrogen (secondary N) is 1. The van der Waals surface area contributed by atoms with Crippen LogP contribution in [0.15, 0.2) is 60.2 Å². The van der Waals surface area contributed by atoms with Crippen LogP contribution >= 0.6 is 46.4 Å². The highest BCUT2D eigenvalue weighted by Crippen LogP contribution is 2.36. The summed E-state index contributed by atoms with van der Waals surface area (Å²) >= 11 is 24.4. The number of nitrogens with zero attached hydrogens (tertiary/aromatic N) is 1. The maximum Gasteiger partial charge on any atom is 0.335 e. The predicted molar refractivity (Wildman–Crippen MR) is 133 cm³/mol. The number of anilines is 1. The summed E-state index contributed by atoms with van der Waals surface area (Å²) in [5, 5.41) is 2.70. The highest BCUT2D eigenvalue weighted by molar-refractivity contribution is 6.43. The van der Waals surface area contributed by atoms with E-state index in [1.54, 1.807) is 6.07 Å². The van der Waals surface area contributed by atoms with Crippen molar-refractivity contribution in [2.45, 2.75) is 6.61 Å². The Morgan fingerprint density at radius 3 is 2.37 bits per heavy atom. The van der Waals surface area contributed by atoms with Gasteiger partial charge in [0.1, 0.15) is 23.7 Å². The molecule has 4 rings (SSSR count). The molecular weight excluding hydrogens is 541 g/mol. The second-order valence-electron chi connectivity index (χ2n) is 7.24. The van der Waals surface area contributed by atoms with Crippen molar-refractivity contribution < 1.29 is 23.5 Å². The van der Waals surface area contributed by atoms with Crippen molar-refractivity contribution in [2.24, 2.45) is 0 Å². The van der Waals surface area contributed by atoms with E-state index in [0.29, 0.717) is 0 Å². The van der Waals surface area contributed by atoms with Gasteiger partial charge < -0.3 is 4.74 Å². The Morgan fingerprint density at radius 1 is 0.914 bits per heavy atom. The lowest BCUT2D eigenvalue weighted by molar-refractivity contribution is -0.122. The van der Waals surface area contributed by atoms with Gasteiger partial charge in [0.25, 0.3) is 11.8 Å². The van der Waals surface area contributed by atoms with Gasteiger partial charge in [-0.3, -0.25) is 14.9 Å². The van der Waals surface area contributed by atoms with Crippen LogP contribution in [-0.4, -0.2) is 17.8 Å². The minimum Gasteiger partial charge on any atom is -0.487 e. The number of carbonyl (C=O) groups excluding carboxylic acids is 3. The summed E-state index contributed by atoms with van der Waals surface area (Å²) in [7, 11) is 0. The van der Waals surface area contributed by atoms with Crippen LogP contribution < -0.4 is 15.0 Å². The topological polar surface area (TPSA) is 75.7 Å². The molecule has 0 unspecified atom stereocenters. The molecule has 0 aliphatic carbocycles. The number of ether oxygens (including phenoxy) is 1. The number of hydrogen-bond donors (Lipinski definition) is 1. The Kier molecular flexibility index (Phi) is 7.33. The van der Waals surface area contributed by atoms with E-state index in [1.807, 2.05) is 0 Å². The van der Waals surface area contributed by atoms with E-state index >= 15 is 0 Å². The van der Waals surface area contributed by atoms with E-state index in [4.69, 9.17) is 51.1 Å². The molecule has 0 spiro atoms. The molecule has 0 saturated carbocycles. The zero-order chi connectivity index (χ0) is 25.3. The van der Waals surface area contributed by atoms with Crippen molar-refractivity contribution in [1.82, 2.24) is 5.32 Å². The van der Waals surface area contributed by atoms with Crippen LogP contribution in [0.3, 0.4) is 0 Å². The molecule has 11 heteroatoms. The summed E-state index contributed by atoms with van der Waals surface area (Å²) in [6.07, 6.45) is 1.18. The smallest absolute Gasteiger partial charge is 0.335 e. The van der Waals surface area contributed by atoms with E-state index in [9.17, 15) is 18.8 Å². The number of imide groups is 2. The standard InChI is InChI=1S/C24H13Cl4FN2O4/c25-14-7-13(21(19(28)9-14)35-11-12-3-1-2-4-20(12)29)8-16-22(32)30-24(34)31(23(16)33)15-5-6-17(26)18(27)10-15/h1-10H,11H2,(H,30,32,34)/b16-8+. The molecule has 4 amide bonds. The van der Waals surface area contributed by atoms with Crippen LogP contribution in [0.2, 0.25) is 20.1 Å². The van der Waals surface area contributed by atoms with E-state index in [-0.39, 0.29) is 49.3 Å². The number of rotatable bonds is 5. The highest BCUT2D eigenvalue weighted by atomic mass is 35.5. The minimum absolute atomic E-state index is 0.0606. The first-order chi connectivity index (χ1) is 16.7. The number of urea groups is 1. The maximum absolute atomic E-state index is 14.0. The Labute approximate surface area is 218 Å². The molecule has 1 aliphatic rings. The first kappa shape index (κ1) is 25.0. The van der Waals surface area contributed by atoms with Gasteiger partial charge in [-0.1, -0.05) is 64.6 Å². The first-order valence-corrected chi connectivity index (χ1v) is 11.4. The van der Waals surface area contributed by atoms with Gasteiger partial charge in [-0.05, 0) is 42.5 Å². The van der Waals surface area contributed by atoms with Gasteiger partial charge in [0.05, 0.1) is 20.8 Å². The van der Waals surface area contributed by atoms with Gasteiger partial charge >= 0.3 is 6.03 Å². The van der Waals surface area contributed by atoms with E-state index in [0.717, 1.165) is 4.90 Å². The van der Waals surface area contributed by atoms with Gasteiger partial charge in [0.2, 0.25) is 0 Å². The minimum atomic E-state index is -0.962. The van der Waals surface area contributed by atoms with Gasteiger partial charge in [0, 0.05) is 16.1 Å². The zero-order valence-corrected chi connectivity index (χ0v) is 20.5. The Hall–Kier alpha value is -3.10. The Morgan fingerprint density at radius 2 is 1.66 bits per heavy atom. The quantitative estimate of drug-likeness (QED) is 0.282. The average molecular weight is 554 g/mol. The third-order valence-corrected chi connectivity index (χ3v) is 6.17. The van der Waals surface area contributed by atoms with Gasteiger partial charge in [-0.25, -0.2) is 14.1 Å². The third-order valence-electron chi connectivity index (χ3n) is 4.93. The number of barbiturate groups is 1. The summed E-state index contributed by atoms with van der Waals surface area (Å²) in [6.45, 7) is -0.182. The summed E-state index contributed by atoms with van der Waals surface area (Å²) in [5.74, 6) is -2.28. The lowest BCUT2D eigenvalue weighted by Crippen LogP contribution is -2.54. The molecule has 3 aromatic carbocycles. The molecule has 0 atom stereocenters. The predicted octanol–water partition coefficient (Wildman–Crippen LogP) is 6.68. The van der Waals surface area contributed by atoms with Crippen molar-refractivity contribution in [2.75, 3.05) is 4.90 Å². The van der Waals surface area contributed by atoms with Crippen LogP contribution in [0, 0.1) is 5.82 Å². The molecule has 178 valence electrons. The highest BCUT2D eigenvalue weighted by Gasteiger charge is 2.37. The fourth-order valence-electron chi connectivity index (χ4n) is 3.28. The van der Waals surface area contributed by atoms with Crippen LogP contribution in [0.1, 0.15) is 11.1 Å². The van der Waals surface area contributed by atoms with E-state index in [2.05, 4.69) is 5.32 Å². The van der Waals surface area contributed by atoms with E-state index in [1.165, 1.54) is 54.6 Å². The molecule has 6 nitrogen and oxygen atoms in total. The molecular formula is C24H13Cl4FN2O4. The van der Waals surface area contributed by atoms with Crippen molar-refractivity contribution in [3.8, 4) is 5.75 Å². The second kappa shape index (κ2) is 10.3. The second-order valence-corrected chi connectivity index (χ2v) is 8.90. The fraction of sp³-hybridized carbons (Fsp3) is 0.0417. The van der Waals surface area contributed by atoms with E-state index < -0.39 is 29.2 Å². The lowest BCUT2D eigenvalue weighted by Gasteiger charge is -2.26. The monoisotopic (exact) mass is 552 g/mol. The molecule has 35 heavy (non-hydrogen) atoms. The Balaban J connectivity index is 1.73. The van der Waals surface area contributed by atoms with Gasteiger partial charge in [0.15, 0.2) is 0 Å². The fourth-order valence-corrected chi connectivity index (χ4v) is 4.13. The maximum atomic E-state index is 14.0. The molecule has 0 radical (unpaired) electrons. The first-order valence-electron chi connectivity index (χ1n) is 9.87. The summed E-state index contributed by atoms with van der Waals surface area (Å²) in [4.78, 5) is 38.9. The average Bonchev–Trinajstić information content (AvgIpc) is 2.79. The van der Waals surface area contributed by atoms with Gasteiger partial charge in [-0.15, -0.1) is 0 Å². The largest absolute Gasteiger partial charge is 0.487 e. The number of halogens is 5. The Bertz CT molecular complexity index is 1410. The number of carbonyl (C=O) groups is 3. The number of hydrogen-bond acceptors (Lipinski definition) is 4. The van der Waals surface area contributed by atoms with Crippen molar-refractivity contribution in [1.29, 1.82) is 0 Å². The van der Waals surface area contributed by atoms with Gasteiger partial charge in [-0.2, -0.15) is 0 Å². The number of amides is 4. The summed E-state index contributed by atoms with van der Waals surface area (Å²) < 4.78 is 19.8. The third kappa shape index (κ3) is 5.28. The summed E-state index contributed by atoms with van der Waals surface area (Å²) in [6, 6.07) is 12.0. The van der Waals surface area contributed by atoms with Crippen molar-refractivity contribution in [3.05, 3.63) is 97.2 Å². The van der Waals surface area contributed by atoms with Crippen molar-refractivity contribution in [3.63, 3.8) is 0 Å². The normalized spacial score (nSPS) is 14.9. The molecule has 1 fully saturated rings. The van der Waals surface area contributed by atoms with Crippen LogP contribution in [0.4, 0.5) is 14.9 Å². The molecule has 1 heterocycles. The van der Waals surface area contributed by atoms with Crippen LogP contribution in [-0.2, 0) is 16.2 Å². The number of benzene rings is 3.